The van der Waals surface area contributed by atoms with Gasteiger partial charge in [-0.25, -0.2) is 9.97 Å². The van der Waals surface area contributed by atoms with Crippen molar-refractivity contribution in [2.75, 3.05) is 5.01 Å². The van der Waals surface area contributed by atoms with E-state index in [2.05, 4.69) is 15.1 Å². The van der Waals surface area contributed by atoms with Crippen LogP contribution in [0.2, 0.25) is 0 Å². The monoisotopic (exact) mass is 251 g/mol. The molecule has 0 fully saturated rings. The van der Waals surface area contributed by atoms with Gasteiger partial charge in [-0.1, -0.05) is 30.3 Å². The van der Waals surface area contributed by atoms with E-state index >= 15 is 0 Å². The molecule has 0 radical (unpaired) electrons. The van der Waals surface area contributed by atoms with Gasteiger partial charge in [0.15, 0.2) is 0 Å². The molecule has 5 nitrogen and oxygen atoms in total. The lowest BCUT2D eigenvalue weighted by molar-refractivity contribution is 0.947. The van der Waals surface area contributed by atoms with Crippen LogP contribution < -0.4 is 5.01 Å². The van der Waals surface area contributed by atoms with Crippen molar-refractivity contribution in [2.24, 2.45) is 5.10 Å². The number of aromatic nitrogens is 2. The largest absolute Gasteiger partial charge is 0.261 e. The molecule has 0 aliphatic carbocycles. The smallest absolute Gasteiger partial charge is 0.216 e. The number of nitriles is 1. The standard InChI is InChI=1S/C14H13N5/c1-11-8-12(2)18-14(17-11)19(10-15)16-9-13-6-4-3-5-7-13/h3-9H,1-2H3. The topological polar surface area (TPSA) is 65.2 Å². The van der Waals surface area contributed by atoms with Crippen LogP contribution in [0.4, 0.5) is 5.95 Å². The van der Waals surface area contributed by atoms with Crippen molar-refractivity contribution < 1.29 is 0 Å². The Bertz CT molecular complexity index is 608. The molecule has 0 amide bonds. The lowest BCUT2D eigenvalue weighted by atomic mass is 10.2. The molecule has 1 aromatic carbocycles. The molecule has 0 atom stereocenters. The van der Waals surface area contributed by atoms with Crippen LogP contribution in [0.1, 0.15) is 17.0 Å². The van der Waals surface area contributed by atoms with Crippen LogP contribution in [-0.4, -0.2) is 16.2 Å². The summed E-state index contributed by atoms with van der Waals surface area (Å²) in [6.45, 7) is 3.71. The summed E-state index contributed by atoms with van der Waals surface area (Å²) in [6, 6.07) is 11.4. The number of benzene rings is 1. The van der Waals surface area contributed by atoms with E-state index in [0.717, 1.165) is 22.0 Å². The predicted octanol–water partition coefficient (Wildman–Crippen LogP) is 2.42. The van der Waals surface area contributed by atoms with Crippen LogP contribution in [-0.2, 0) is 0 Å². The van der Waals surface area contributed by atoms with Crippen LogP contribution in [0.25, 0.3) is 0 Å². The first-order chi connectivity index (χ1) is 9.19. The number of hydrogen-bond donors (Lipinski definition) is 0. The average molecular weight is 251 g/mol. The van der Waals surface area contributed by atoms with Crippen LogP contribution in [0.3, 0.4) is 0 Å². The zero-order valence-electron chi connectivity index (χ0n) is 10.8. The van der Waals surface area contributed by atoms with E-state index < -0.39 is 0 Å². The second-order valence-corrected chi connectivity index (χ2v) is 4.02. The minimum atomic E-state index is 0.284. The van der Waals surface area contributed by atoms with Crippen LogP contribution >= 0.6 is 0 Å². The summed E-state index contributed by atoms with van der Waals surface area (Å²) < 4.78 is 0. The molecule has 0 N–H and O–H groups in total. The molecular formula is C14H13N5. The number of aryl methyl sites for hydroxylation is 2. The van der Waals surface area contributed by atoms with Gasteiger partial charge < -0.3 is 0 Å². The summed E-state index contributed by atoms with van der Waals surface area (Å²) in [5.41, 5.74) is 2.52. The third-order valence-corrected chi connectivity index (χ3v) is 2.38. The highest BCUT2D eigenvalue weighted by atomic mass is 15.5. The summed E-state index contributed by atoms with van der Waals surface area (Å²) in [5.74, 6) is 0.284. The third-order valence-electron chi connectivity index (χ3n) is 2.38. The van der Waals surface area contributed by atoms with Gasteiger partial charge >= 0.3 is 0 Å². The minimum Gasteiger partial charge on any atom is -0.216 e. The number of rotatable bonds is 3. The van der Waals surface area contributed by atoms with Gasteiger partial charge in [-0.3, -0.25) is 0 Å². The van der Waals surface area contributed by atoms with Crippen molar-refractivity contribution in [2.45, 2.75) is 13.8 Å². The molecule has 2 aromatic rings. The van der Waals surface area contributed by atoms with Gasteiger partial charge in [0, 0.05) is 11.4 Å². The number of anilines is 1. The number of hydrogen-bond acceptors (Lipinski definition) is 5. The molecule has 2 rings (SSSR count). The fourth-order valence-electron chi connectivity index (χ4n) is 1.59. The highest BCUT2D eigenvalue weighted by Crippen LogP contribution is 2.09. The zero-order chi connectivity index (χ0) is 13.7. The van der Waals surface area contributed by atoms with Gasteiger partial charge in [0.1, 0.15) is 0 Å². The third kappa shape index (κ3) is 3.36. The fraction of sp³-hybridized carbons (Fsp3) is 0.143. The first kappa shape index (κ1) is 12.7. The molecule has 1 heterocycles. The number of hydrazone groups is 1. The molecule has 1 aromatic heterocycles. The highest BCUT2D eigenvalue weighted by Gasteiger charge is 2.08. The van der Waals surface area contributed by atoms with E-state index in [0.29, 0.717) is 0 Å². The maximum absolute atomic E-state index is 9.12. The molecule has 0 saturated heterocycles. The Morgan fingerprint density at radius 1 is 1.16 bits per heavy atom. The molecule has 19 heavy (non-hydrogen) atoms. The fourth-order valence-corrected chi connectivity index (χ4v) is 1.59. The summed E-state index contributed by atoms with van der Waals surface area (Å²) in [4.78, 5) is 8.39. The number of nitrogens with zero attached hydrogens (tertiary/aromatic N) is 5. The van der Waals surface area contributed by atoms with E-state index in [1.165, 1.54) is 0 Å². The van der Waals surface area contributed by atoms with E-state index in [-0.39, 0.29) is 5.95 Å². The van der Waals surface area contributed by atoms with Crippen molar-refractivity contribution in [1.29, 1.82) is 5.26 Å². The van der Waals surface area contributed by atoms with Gasteiger partial charge in [0.25, 0.3) is 5.95 Å². The molecule has 0 aliphatic rings. The summed E-state index contributed by atoms with van der Waals surface area (Å²) in [5, 5.41) is 14.3. The first-order valence-corrected chi connectivity index (χ1v) is 5.80. The van der Waals surface area contributed by atoms with Crippen molar-refractivity contribution in [3.05, 3.63) is 53.3 Å². The van der Waals surface area contributed by atoms with Crippen molar-refractivity contribution in [1.82, 2.24) is 9.97 Å². The quantitative estimate of drug-likeness (QED) is 0.363. The van der Waals surface area contributed by atoms with Crippen LogP contribution in [0.15, 0.2) is 41.5 Å². The Balaban J connectivity index is 2.26. The predicted molar refractivity (Wildman–Crippen MR) is 73.6 cm³/mol. The second-order valence-electron chi connectivity index (χ2n) is 4.02. The van der Waals surface area contributed by atoms with Crippen molar-refractivity contribution in [3.8, 4) is 6.19 Å². The normalized spacial score (nSPS) is 10.4. The Kier molecular flexibility index (Phi) is 3.84. The molecule has 0 aliphatic heterocycles. The summed E-state index contributed by atoms with van der Waals surface area (Å²) >= 11 is 0. The summed E-state index contributed by atoms with van der Waals surface area (Å²) in [7, 11) is 0. The molecule has 5 heteroatoms. The molecule has 0 saturated carbocycles. The molecular weight excluding hydrogens is 238 g/mol. The Labute approximate surface area is 111 Å². The molecule has 94 valence electrons. The Hall–Kier alpha value is -2.74. The maximum atomic E-state index is 9.12. The lowest BCUT2D eigenvalue weighted by Gasteiger charge is -2.08. The minimum absolute atomic E-state index is 0.284. The van der Waals surface area contributed by atoms with E-state index in [9.17, 15) is 0 Å². The molecule has 0 bridgehead atoms. The van der Waals surface area contributed by atoms with E-state index in [1.807, 2.05) is 56.4 Å². The van der Waals surface area contributed by atoms with Crippen molar-refractivity contribution >= 4 is 12.2 Å². The molecule has 0 spiro atoms. The van der Waals surface area contributed by atoms with Gasteiger partial charge in [0.05, 0.1) is 6.21 Å². The zero-order valence-corrected chi connectivity index (χ0v) is 10.8. The van der Waals surface area contributed by atoms with Gasteiger partial charge in [0.2, 0.25) is 6.19 Å². The SMILES string of the molecule is Cc1cc(C)nc(N(C#N)N=Cc2ccccc2)n1. The average Bonchev–Trinajstić information content (AvgIpc) is 2.39. The van der Waals surface area contributed by atoms with Crippen LogP contribution in [0.5, 0.6) is 0 Å². The highest BCUT2D eigenvalue weighted by molar-refractivity contribution is 5.80. The van der Waals surface area contributed by atoms with Crippen LogP contribution in [0, 0.1) is 25.3 Å². The van der Waals surface area contributed by atoms with Crippen molar-refractivity contribution in [3.63, 3.8) is 0 Å². The van der Waals surface area contributed by atoms with Gasteiger partial charge in [-0.2, -0.15) is 10.4 Å². The van der Waals surface area contributed by atoms with E-state index in [1.54, 1.807) is 6.21 Å². The Morgan fingerprint density at radius 2 is 1.79 bits per heavy atom. The van der Waals surface area contributed by atoms with Gasteiger partial charge in [-0.15, -0.1) is 5.01 Å². The molecule has 0 unspecified atom stereocenters. The van der Waals surface area contributed by atoms with Gasteiger partial charge in [-0.05, 0) is 25.5 Å². The Morgan fingerprint density at radius 3 is 2.37 bits per heavy atom. The van der Waals surface area contributed by atoms with E-state index in [4.69, 9.17) is 5.26 Å². The maximum Gasteiger partial charge on any atom is 0.261 e. The first-order valence-electron chi connectivity index (χ1n) is 5.80. The lowest BCUT2D eigenvalue weighted by Crippen LogP contribution is -2.13. The second kappa shape index (κ2) is 5.74. The summed E-state index contributed by atoms with van der Waals surface area (Å²) in [6.07, 6.45) is 3.55.